The molecule has 0 aliphatic carbocycles. The summed E-state index contributed by atoms with van der Waals surface area (Å²) in [5.74, 6) is -1.02. The predicted molar refractivity (Wildman–Crippen MR) is 56.8 cm³/mol. The van der Waals surface area contributed by atoms with Crippen molar-refractivity contribution in [3.05, 3.63) is 30.7 Å². The number of halogens is 1. The number of hydrogen-bond donors (Lipinski definition) is 0. The second-order valence-electron chi connectivity index (χ2n) is 3.20. The Morgan fingerprint density at radius 2 is 2.18 bits per heavy atom. The second-order valence-corrected chi connectivity index (χ2v) is 5.45. The van der Waals surface area contributed by atoms with Crippen molar-refractivity contribution in [1.29, 1.82) is 0 Å². The SMILES string of the molecule is CCS(=O)(=O)c1ccc(-n2cncn2)nc1F. The van der Waals surface area contributed by atoms with Gasteiger partial charge in [0, 0.05) is 0 Å². The summed E-state index contributed by atoms with van der Waals surface area (Å²) in [7, 11) is -3.60. The minimum absolute atomic E-state index is 0.172. The fourth-order valence-electron chi connectivity index (χ4n) is 1.25. The smallest absolute Gasteiger partial charge is 0.224 e. The van der Waals surface area contributed by atoms with Gasteiger partial charge in [0.15, 0.2) is 15.7 Å². The van der Waals surface area contributed by atoms with Crippen LogP contribution in [0.3, 0.4) is 0 Å². The molecule has 17 heavy (non-hydrogen) atoms. The van der Waals surface area contributed by atoms with Crippen molar-refractivity contribution in [3.63, 3.8) is 0 Å². The zero-order valence-electron chi connectivity index (χ0n) is 8.91. The van der Waals surface area contributed by atoms with Crippen molar-refractivity contribution in [2.45, 2.75) is 11.8 Å². The first kappa shape index (κ1) is 11.6. The fourth-order valence-corrected chi connectivity index (χ4v) is 2.14. The molecule has 0 bridgehead atoms. The monoisotopic (exact) mass is 256 g/mol. The van der Waals surface area contributed by atoms with Gasteiger partial charge in [0.05, 0.1) is 5.75 Å². The molecular weight excluding hydrogens is 247 g/mol. The highest BCUT2D eigenvalue weighted by molar-refractivity contribution is 7.91. The summed E-state index contributed by atoms with van der Waals surface area (Å²) in [6.45, 7) is 1.44. The van der Waals surface area contributed by atoms with Crippen LogP contribution in [0.25, 0.3) is 5.82 Å². The van der Waals surface area contributed by atoms with E-state index in [0.29, 0.717) is 0 Å². The molecule has 0 amide bonds. The first-order valence-electron chi connectivity index (χ1n) is 4.79. The van der Waals surface area contributed by atoms with Crippen LogP contribution in [-0.4, -0.2) is 33.9 Å². The van der Waals surface area contributed by atoms with Crippen molar-refractivity contribution in [3.8, 4) is 5.82 Å². The third-order valence-electron chi connectivity index (χ3n) is 2.17. The molecule has 0 atom stereocenters. The van der Waals surface area contributed by atoms with Crippen LogP contribution in [0, 0.1) is 5.95 Å². The molecule has 0 aromatic carbocycles. The van der Waals surface area contributed by atoms with E-state index in [9.17, 15) is 12.8 Å². The summed E-state index contributed by atoms with van der Waals surface area (Å²) < 4.78 is 37.8. The Kier molecular flexibility index (Phi) is 2.88. The van der Waals surface area contributed by atoms with Gasteiger partial charge in [-0.05, 0) is 12.1 Å². The summed E-state index contributed by atoms with van der Waals surface area (Å²) in [5, 5.41) is 3.77. The molecule has 2 heterocycles. The van der Waals surface area contributed by atoms with E-state index in [1.54, 1.807) is 0 Å². The van der Waals surface area contributed by atoms with Gasteiger partial charge < -0.3 is 0 Å². The van der Waals surface area contributed by atoms with Crippen molar-refractivity contribution >= 4 is 9.84 Å². The summed E-state index contributed by atoms with van der Waals surface area (Å²) in [6, 6.07) is 2.55. The highest BCUT2D eigenvalue weighted by Crippen LogP contribution is 2.15. The molecule has 0 spiro atoms. The molecule has 2 rings (SSSR count). The molecule has 0 aliphatic rings. The maximum Gasteiger partial charge on any atom is 0.233 e. The quantitative estimate of drug-likeness (QED) is 0.751. The van der Waals surface area contributed by atoms with E-state index >= 15 is 0 Å². The number of pyridine rings is 1. The average molecular weight is 256 g/mol. The molecule has 8 heteroatoms. The van der Waals surface area contributed by atoms with Gasteiger partial charge in [0.2, 0.25) is 5.95 Å². The number of aromatic nitrogens is 4. The van der Waals surface area contributed by atoms with E-state index in [1.807, 2.05) is 0 Å². The summed E-state index contributed by atoms with van der Waals surface area (Å²) in [6.07, 6.45) is 2.62. The molecule has 0 N–H and O–H groups in total. The normalized spacial score (nSPS) is 11.6. The molecule has 90 valence electrons. The Morgan fingerprint density at radius 1 is 1.41 bits per heavy atom. The van der Waals surface area contributed by atoms with Crippen LogP contribution in [0.1, 0.15) is 6.92 Å². The lowest BCUT2D eigenvalue weighted by atomic mass is 10.4. The molecular formula is C9H9FN4O2S. The fraction of sp³-hybridized carbons (Fsp3) is 0.222. The van der Waals surface area contributed by atoms with Crippen LogP contribution in [0.15, 0.2) is 29.7 Å². The largest absolute Gasteiger partial charge is 0.233 e. The van der Waals surface area contributed by atoms with Gasteiger partial charge >= 0.3 is 0 Å². The van der Waals surface area contributed by atoms with E-state index in [4.69, 9.17) is 0 Å². The first-order valence-corrected chi connectivity index (χ1v) is 6.44. The maximum absolute atomic E-state index is 13.6. The lowest BCUT2D eigenvalue weighted by Crippen LogP contribution is -2.09. The minimum atomic E-state index is -3.60. The van der Waals surface area contributed by atoms with E-state index in [1.165, 1.54) is 36.4 Å². The zero-order chi connectivity index (χ0) is 12.5. The van der Waals surface area contributed by atoms with Gasteiger partial charge in [-0.15, -0.1) is 0 Å². The highest BCUT2D eigenvalue weighted by atomic mass is 32.2. The van der Waals surface area contributed by atoms with Crippen LogP contribution < -0.4 is 0 Å². The zero-order valence-corrected chi connectivity index (χ0v) is 9.72. The second kappa shape index (κ2) is 4.21. The first-order chi connectivity index (χ1) is 8.04. The third-order valence-corrected chi connectivity index (χ3v) is 3.90. The maximum atomic E-state index is 13.6. The Hall–Kier alpha value is -1.83. The molecule has 0 radical (unpaired) electrons. The van der Waals surface area contributed by atoms with Gasteiger partial charge in [-0.25, -0.2) is 18.1 Å². The molecule has 0 saturated heterocycles. The average Bonchev–Trinajstić information content (AvgIpc) is 2.82. The number of hydrogen-bond acceptors (Lipinski definition) is 5. The number of rotatable bonds is 3. The summed E-state index contributed by atoms with van der Waals surface area (Å²) in [5.41, 5.74) is 0. The van der Waals surface area contributed by atoms with Crippen molar-refractivity contribution in [1.82, 2.24) is 19.7 Å². The predicted octanol–water partition coefficient (Wildman–Crippen LogP) is 0.595. The third kappa shape index (κ3) is 2.16. The van der Waals surface area contributed by atoms with Gasteiger partial charge in [0.25, 0.3) is 0 Å². The number of nitrogens with zero attached hydrogens (tertiary/aromatic N) is 4. The standard InChI is InChI=1S/C9H9FN4O2S/c1-2-17(15,16)7-3-4-8(13-9(7)10)14-6-11-5-12-14/h3-6H,2H2,1H3. The van der Waals surface area contributed by atoms with Gasteiger partial charge in [0.1, 0.15) is 17.6 Å². The lowest BCUT2D eigenvalue weighted by Gasteiger charge is -2.04. The molecule has 0 saturated carbocycles. The van der Waals surface area contributed by atoms with E-state index in [-0.39, 0.29) is 11.6 Å². The van der Waals surface area contributed by atoms with Gasteiger partial charge in [-0.1, -0.05) is 6.92 Å². The van der Waals surface area contributed by atoms with Crippen LogP contribution >= 0.6 is 0 Å². The molecule has 0 fully saturated rings. The minimum Gasteiger partial charge on any atom is -0.224 e. The van der Waals surface area contributed by atoms with Crippen LogP contribution in [0.4, 0.5) is 4.39 Å². The Bertz CT molecular complexity index is 624. The highest BCUT2D eigenvalue weighted by Gasteiger charge is 2.18. The lowest BCUT2D eigenvalue weighted by molar-refractivity contribution is 0.534. The van der Waals surface area contributed by atoms with Gasteiger partial charge in [-0.3, -0.25) is 0 Å². The van der Waals surface area contributed by atoms with Crippen molar-refractivity contribution in [2.75, 3.05) is 5.75 Å². The molecule has 6 nitrogen and oxygen atoms in total. The molecule has 0 unspecified atom stereocenters. The Labute approximate surface area is 97.1 Å². The molecule has 2 aromatic rings. The van der Waals surface area contributed by atoms with Crippen LogP contribution in [0.5, 0.6) is 0 Å². The number of sulfone groups is 1. The van der Waals surface area contributed by atoms with Crippen LogP contribution in [-0.2, 0) is 9.84 Å². The molecule has 0 aliphatic heterocycles. The van der Waals surface area contributed by atoms with Crippen LogP contribution in [0.2, 0.25) is 0 Å². The summed E-state index contributed by atoms with van der Waals surface area (Å²) >= 11 is 0. The Balaban J connectivity index is 2.50. The Morgan fingerprint density at radius 3 is 2.71 bits per heavy atom. The van der Waals surface area contributed by atoms with Crippen molar-refractivity contribution < 1.29 is 12.8 Å². The van der Waals surface area contributed by atoms with Crippen molar-refractivity contribution in [2.24, 2.45) is 0 Å². The van der Waals surface area contributed by atoms with Gasteiger partial charge in [-0.2, -0.15) is 14.5 Å². The summed E-state index contributed by atoms with van der Waals surface area (Å²) in [4.78, 5) is 6.83. The van der Waals surface area contributed by atoms with E-state index < -0.39 is 20.7 Å². The van der Waals surface area contributed by atoms with E-state index in [0.717, 1.165) is 0 Å². The van der Waals surface area contributed by atoms with E-state index in [2.05, 4.69) is 15.1 Å². The topological polar surface area (TPSA) is 77.7 Å². The molecule has 2 aromatic heterocycles.